The quantitative estimate of drug-likeness (QED) is 0.0484. The molecule has 3 heterocycles. The molecule has 6 rings (SSSR count). The summed E-state index contributed by atoms with van der Waals surface area (Å²) in [6.07, 6.45) is 4.75. The Labute approximate surface area is 338 Å². The van der Waals surface area contributed by atoms with E-state index in [1.54, 1.807) is 0 Å². The van der Waals surface area contributed by atoms with E-state index in [-0.39, 0.29) is 48.4 Å². The Bertz CT molecular complexity index is 2340. The molecule has 0 spiro atoms. The second-order valence-corrected chi connectivity index (χ2v) is 27.3. The number of rotatable bonds is 10. The van der Waals surface area contributed by atoms with Crippen molar-refractivity contribution in [3.63, 3.8) is 0 Å². The van der Waals surface area contributed by atoms with Crippen LogP contribution in [0.4, 0.5) is 0 Å². The van der Waals surface area contributed by atoms with Crippen molar-refractivity contribution in [2.45, 2.75) is 118 Å². The number of aromatic nitrogens is 3. The van der Waals surface area contributed by atoms with Gasteiger partial charge in [0.2, 0.25) is 0 Å². The normalized spacial score (nSPS) is 12.7. The summed E-state index contributed by atoms with van der Waals surface area (Å²) in [6, 6.07) is 20.7. The molecule has 6 aromatic rings. The summed E-state index contributed by atoms with van der Waals surface area (Å²) in [7, 11) is 0. The van der Waals surface area contributed by atoms with Gasteiger partial charge >= 0.3 is 196 Å². The minimum Gasteiger partial charge on any atom is 0 e. The molecule has 0 aliphatic rings. The van der Waals surface area contributed by atoms with Crippen LogP contribution >= 0.6 is 0 Å². The van der Waals surface area contributed by atoms with Crippen LogP contribution in [-0.2, 0) is 24.9 Å². The molecule has 0 atom stereocenters. The minimum absolute atomic E-state index is 0. The first-order valence-corrected chi connectivity index (χ1v) is 26.7. The zero-order chi connectivity index (χ0) is 39.0. The summed E-state index contributed by atoms with van der Waals surface area (Å²) in [5, 5.41) is 15.7. The van der Waals surface area contributed by atoms with Crippen LogP contribution in [0.15, 0.2) is 64.8 Å². The first-order chi connectivity index (χ1) is 24.9. The number of benzene rings is 3. The monoisotopic (exact) mass is 967 g/mol. The van der Waals surface area contributed by atoms with Gasteiger partial charge in [0.05, 0.1) is 0 Å². The zero-order valence-corrected chi connectivity index (χ0v) is 39.0. The third kappa shape index (κ3) is 8.39. The molecule has 1 N–H and O–H groups in total. The molecule has 3 aromatic carbocycles. The van der Waals surface area contributed by atoms with Gasteiger partial charge in [-0.25, -0.2) is 0 Å². The number of furan rings is 1. The number of fused-ring (bicyclic) bond motifs is 6. The number of hydrogen-bond acceptors (Lipinski definition) is 6. The van der Waals surface area contributed by atoms with E-state index in [9.17, 15) is 9.90 Å². The predicted molar refractivity (Wildman–Crippen MR) is 226 cm³/mol. The number of aliphatic hydroxyl groups is 1. The van der Waals surface area contributed by atoms with Crippen LogP contribution in [0.2, 0.25) is 17.3 Å². The molecule has 8 heteroatoms. The fourth-order valence-electron chi connectivity index (χ4n) is 6.73. The van der Waals surface area contributed by atoms with Crippen molar-refractivity contribution in [1.29, 1.82) is 0 Å². The SMILES string of the molecule is CCC(C)(CC)C(=O)/C=C(\O)C(C)(CC)CC.Cc1ccc2c(n1)oc1c(-c3nc(C(C)C)nc4c3ccc3c[c]([Ge]([CH3])([CH3])[CH3])cc(C)c34)[c-]ccc12.[Ir]. The van der Waals surface area contributed by atoms with Crippen molar-refractivity contribution < 1.29 is 34.4 Å². The van der Waals surface area contributed by atoms with E-state index in [1.165, 1.54) is 26.8 Å². The van der Waals surface area contributed by atoms with E-state index < -0.39 is 13.3 Å². The Morgan fingerprint density at radius 1 is 0.870 bits per heavy atom. The summed E-state index contributed by atoms with van der Waals surface area (Å²) in [6.45, 7) is 20.6. The van der Waals surface area contributed by atoms with Crippen molar-refractivity contribution in [2.75, 3.05) is 0 Å². The van der Waals surface area contributed by atoms with Crippen molar-refractivity contribution in [3.05, 3.63) is 83.5 Å². The molecule has 0 fully saturated rings. The number of hydrogen-bond donors (Lipinski definition) is 1. The van der Waals surface area contributed by atoms with Crippen molar-refractivity contribution in [1.82, 2.24) is 15.0 Å². The van der Waals surface area contributed by atoms with E-state index in [2.05, 4.69) is 79.4 Å². The number of aliphatic hydroxyl groups excluding tert-OH is 1. The van der Waals surface area contributed by atoms with Crippen LogP contribution in [0.25, 0.3) is 55.0 Å². The Balaban J connectivity index is 0.000000309. The molecule has 54 heavy (non-hydrogen) atoms. The Hall–Kier alpha value is -3.39. The van der Waals surface area contributed by atoms with Gasteiger partial charge in [-0.1, -0.05) is 41.5 Å². The molecule has 0 bridgehead atoms. The molecule has 289 valence electrons. The van der Waals surface area contributed by atoms with Gasteiger partial charge in [-0.15, -0.1) is 0 Å². The first kappa shape index (κ1) is 43.3. The Kier molecular flexibility index (Phi) is 13.5. The number of aryl methyl sites for hydroxylation is 2. The van der Waals surface area contributed by atoms with E-state index in [0.29, 0.717) is 5.71 Å². The van der Waals surface area contributed by atoms with Gasteiger partial charge in [-0.2, -0.15) is 0 Å². The van der Waals surface area contributed by atoms with Crippen LogP contribution in [0.5, 0.6) is 0 Å². The van der Waals surface area contributed by atoms with E-state index in [1.807, 2.05) is 66.7 Å². The van der Waals surface area contributed by atoms with Gasteiger partial charge in [0.25, 0.3) is 0 Å². The third-order valence-electron chi connectivity index (χ3n) is 11.7. The summed E-state index contributed by atoms with van der Waals surface area (Å²) >= 11 is -1.98. The maximum atomic E-state index is 12.2. The predicted octanol–water partition coefficient (Wildman–Crippen LogP) is 12.5. The van der Waals surface area contributed by atoms with Crippen molar-refractivity contribution >= 4 is 67.2 Å². The van der Waals surface area contributed by atoms with Crippen LogP contribution in [-0.4, -0.2) is 39.1 Å². The van der Waals surface area contributed by atoms with Gasteiger partial charge in [-0.3, -0.25) is 4.79 Å². The van der Waals surface area contributed by atoms with E-state index in [4.69, 9.17) is 14.4 Å². The fraction of sp³-hybridized carbons (Fsp3) is 0.435. The Morgan fingerprint density at radius 2 is 1.50 bits per heavy atom. The van der Waals surface area contributed by atoms with Gasteiger partial charge in [0.1, 0.15) is 5.76 Å². The maximum absolute atomic E-state index is 12.2. The molecule has 0 saturated carbocycles. The average molecular weight is 966 g/mol. The van der Waals surface area contributed by atoms with Crippen LogP contribution in [0.1, 0.15) is 104 Å². The number of allylic oxidation sites excluding steroid dienone is 2. The number of pyridine rings is 1. The van der Waals surface area contributed by atoms with Gasteiger partial charge in [-0.05, 0) is 38.7 Å². The Morgan fingerprint density at radius 3 is 2.09 bits per heavy atom. The maximum Gasteiger partial charge on any atom is 0 e. The molecule has 0 unspecified atom stereocenters. The third-order valence-corrected chi connectivity index (χ3v) is 15.9. The van der Waals surface area contributed by atoms with E-state index in [0.717, 1.165) is 75.7 Å². The summed E-state index contributed by atoms with van der Waals surface area (Å²) in [5.41, 5.74) is 5.75. The number of ketones is 1. The van der Waals surface area contributed by atoms with Gasteiger partial charge < -0.3 is 5.11 Å². The average Bonchev–Trinajstić information content (AvgIpc) is 3.50. The van der Waals surface area contributed by atoms with Crippen molar-refractivity contribution in [2.24, 2.45) is 10.8 Å². The summed E-state index contributed by atoms with van der Waals surface area (Å²) in [4.78, 5) is 27.0. The molecule has 3 aromatic heterocycles. The molecule has 1 radical (unpaired) electrons. The number of carbonyl (C=O) groups excluding carboxylic acids is 1. The van der Waals surface area contributed by atoms with Gasteiger partial charge in [0.15, 0.2) is 5.78 Å². The second-order valence-electron chi connectivity index (χ2n) is 16.6. The van der Waals surface area contributed by atoms with Crippen LogP contribution in [0.3, 0.4) is 0 Å². The molecular formula is C46H58GeIrN3O3-. The van der Waals surface area contributed by atoms with Crippen LogP contribution < -0.4 is 4.40 Å². The molecule has 0 saturated heterocycles. The second kappa shape index (κ2) is 16.8. The number of carbonyl (C=O) groups is 1. The largest absolute Gasteiger partial charge is 0 e. The first-order valence-electron chi connectivity index (χ1n) is 19.3. The smallest absolute Gasteiger partial charge is 0 e. The molecular weight excluding hydrogens is 907 g/mol. The molecule has 0 aliphatic heterocycles. The van der Waals surface area contributed by atoms with Crippen molar-refractivity contribution in [3.8, 4) is 11.3 Å². The summed E-state index contributed by atoms with van der Waals surface area (Å²) < 4.78 is 7.85. The summed E-state index contributed by atoms with van der Waals surface area (Å²) in [5.74, 6) is 8.63. The minimum atomic E-state index is -1.98. The fourth-order valence-corrected chi connectivity index (χ4v) is 9.33. The van der Waals surface area contributed by atoms with Crippen LogP contribution in [0, 0.1) is 30.7 Å². The topological polar surface area (TPSA) is 89.1 Å². The standard InChI is InChI=1S/C31H30GeN3O.C15H28O2.Ir/c1-17(2)30-34-27(25-10-8-9-22-23-13-11-19(4)33-31(23)36-29(22)25)24-14-12-20-16-21(32(5,6)7)15-18(3)26(20)28(24)35-30;1-7-14(5,8-2)12(16)11-13(17)15(6,9-3)10-4;/h8-9,11-17H,1-7H3;11,16H,7-10H2,1-6H3;/q-1;;/b;12-11-;. The number of nitrogens with zero attached hydrogens (tertiary/aromatic N) is 3. The van der Waals surface area contributed by atoms with Gasteiger partial charge in [0, 0.05) is 42.7 Å². The molecule has 0 aliphatic carbocycles. The molecule has 0 amide bonds. The van der Waals surface area contributed by atoms with E-state index >= 15 is 0 Å². The molecule has 6 nitrogen and oxygen atoms in total. The zero-order valence-electron chi connectivity index (χ0n) is 34.5.